The first-order chi connectivity index (χ1) is 20.6. The first-order valence-corrected chi connectivity index (χ1v) is 15.3. The molecule has 1 aromatic rings. The minimum atomic E-state index is -1.67. The van der Waals surface area contributed by atoms with E-state index >= 15 is 0 Å². The highest BCUT2D eigenvalue weighted by Crippen LogP contribution is 2.22. The van der Waals surface area contributed by atoms with Crippen LogP contribution >= 0.6 is 0 Å². The van der Waals surface area contributed by atoms with Crippen LogP contribution in [0.3, 0.4) is 0 Å². The fraction of sp³-hybridized carbons (Fsp3) is 0.656. The van der Waals surface area contributed by atoms with Crippen LogP contribution in [0.2, 0.25) is 0 Å². The molecule has 12 heteroatoms. The predicted molar refractivity (Wildman–Crippen MR) is 164 cm³/mol. The molecule has 6 atom stereocenters. The summed E-state index contributed by atoms with van der Waals surface area (Å²) in [5.74, 6) is -2.90. The molecule has 0 saturated carbocycles. The maximum Gasteiger partial charge on any atom is 0.407 e. The molecule has 0 radical (unpaired) electrons. The Morgan fingerprint density at radius 3 is 2.18 bits per heavy atom. The van der Waals surface area contributed by atoms with Gasteiger partial charge in [0.2, 0.25) is 11.8 Å². The van der Waals surface area contributed by atoms with Crippen LogP contribution < -0.4 is 16.0 Å². The van der Waals surface area contributed by atoms with Crippen molar-refractivity contribution in [2.45, 2.75) is 110 Å². The number of hydrogen-bond acceptors (Lipinski definition) is 8. The van der Waals surface area contributed by atoms with Gasteiger partial charge in [-0.3, -0.25) is 14.4 Å². The minimum Gasteiger partial charge on any atom is -0.467 e. The molecule has 1 aliphatic rings. The smallest absolute Gasteiger partial charge is 0.407 e. The summed E-state index contributed by atoms with van der Waals surface area (Å²) in [6.45, 7) is 12.6. The van der Waals surface area contributed by atoms with Crippen molar-refractivity contribution >= 4 is 29.8 Å². The van der Waals surface area contributed by atoms with Gasteiger partial charge >= 0.3 is 12.1 Å². The van der Waals surface area contributed by atoms with Gasteiger partial charge in [-0.2, -0.15) is 0 Å². The van der Waals surface area contributed by atoms with Gasteiger partial charge in [0.15, 0.2) is 6.10 Å². The van der Waals surface area contributed by atoms with Gasteiger partial charge in [-0.25, -0.2) is 9.59 Å². The number of aliphatic hydroxyl groups is 1. The van der Waals surface area contributed by atoms with Crippen molar-refractivity contribution < 1.29 is 38.6 Å². The summed E-state index contributed by atoms with van der Waals surface area (Å²) >= 11 is 0. The van der Waals surface area contributed by atoms with Crippen LogP contribution in [0.4, 0.5) is 4.79 Å². The van der Waals surface area contributed by atoms with Gasteiger partial charge in [-0.1, -0.05) is 64.4 Å². The molecule has 44 heavy (non-hydrogen) atoms. The van der Waals surface area contributed by atoms with Gasteiger partial charge in [-0.05, 0) is 57.4 Å². The van der Waals surface area contributed by atoms with E-state index in [9.17, 15) is 29.1 Å². The zero-order valence-corrected chi connectivity index (χ0v) is 27.2. The van der Waals surface area contributed by atoms with E-state index in [1.54, 1.807) is 34.6 Å². The van der Waals surface area contributed by atoms with E-state index in [0.717, 1.165) is 5.56 Å². The Labute approximate surface area is 260 Å². The van der Waals surface area contributed by atoms with E-state index in [1.165, 1.54) is 12.0 Å². The fourth-order valence-corrected chi connectivity index (χ4v) is 5.03. The molecule has 1 heterocycles. The number of benzene rings is 1. The van der Waals surface area contributed by atoms with Crippen LogP contribution in [-0.4, -0.2) is 89.3 Å². The van der Waals surface area contributed by atoms with Crippen molar-refractivity contribution in [3.05, 3.63) is 35.9 Å². The summed E-state index contributed by atoms with van der Waals surface area (Å²) in [5, 5.41) is 19.4. The molecule has 1 unspecified atom stereocenters. The third kappa shape index (κ3) is 10.5. The van der Waals surface area contributed by atoms with Crippen molar-refractivity contribution in [3.8, 4) is 0 Å². The maximum absolute atomic E-state index is 13.7. The van der Waals surface area contributed by atoms with Crippen molar-refractivity contribution in [1.29, 1.82) is 0 Å². The number of rotatable bonds is 13. The second kappa shape index (κ2) is 16.4. The molecule has 4 N–H and O–H groups in total. The van der Waals surface area contributed by atoms with Gasteiger partial charge in [0.25, 0.3) is 5.91 Å². The van der Waals surface area contributed by atoms with Crippen molar-refractivity contribution in [2.24, 2.45) is 11.8 Å². The molecule has 1 aliphatic heterocycles. The van der Waals surface area contributed by atoms with Gasteiger partial charge in [0, 0.05) is 6.54 Å². The summed E-state index contributed by atoms with van der Waals surface area (Å²) in [6, 6.07) is 5.26. The first kappa shape index (κ1) is 36.5. The zero-order chi connectivity index (χ0) is 33.2. The lowest BCUT2D eigenvalue weighted by Gasteiger charge is -2.32. The Hall–Kier alpha value is -3.67. The number of alkyl carbamates (subject to hydrolysis) is 1. The van der Waals surface area contributed by atoms with Gasteiger partial charge in [0.1, 0.15) is 23.7 Å². The van der Waals surface area contributed by atoms with Crippen LogP contribution in [0.25, 0.3) is 0 Å². The summed E-state index contributed by atoms with van der Waals surface area (Å²) < 4.78 is 10.2. The Kier molecular flexibility index (Phi) is 13.6. The molecule has 0 aromatic heterocycles. The Bertz CT molecular complexity index is 1140. The average molecular weight is 619 g/mol. The molecular weight excluding hydrogens is 568 g/mol. The Balaban J connectivity index is 2.24. The SMILES string of the molecule is CC[C@H](C)[C@H](NC(=O)[C@@H]1CCCN1C(=O)[C@@H](O)[C@H](Cc1ccccc1)NC(=O)OC(C)(C)C)C(=O)NC(C(=O)OC)C(C)C. The number of amides is 4. The lowest BCUT2D eigenvalue weighted by atomic mass is 9.96. The number of methoxy groups -OCH3 is 1. The molecule has 0 aliphatic carbocycles. The normalized spacial score (nSPS) is 18.4. The highest BCUT2D eigenvalue weighted by Gasteiger charge is 2.41. The first-order valence-electron chi connectivity index (χ1n) is 15.3. The highest BCUT2D eigenvalue weighted by molar-refractivity contribution is 5.94. The highest BCUT2D eigenvalue weighted by atomic mass is 16.6. The van der Waals surface area contributed by atoms with E-state index < -0.39 is 65.7 Å². The number of nitrogens with zero attached hydrogens (tertiary/aromatic N) is 1. The number of carbonyl (C=O) groups excluding carboxylic acids is 5. The molecule has 246 valence electrons. The van der Waals surface area contributed by atoms with E-state index in [2.05, 4.69) is 16.0 Å². The summed E-state index contributed by atoms with van der Waals surface area (Å²) in [7, 11) is 1.24. The van der Waals surface area contributed by atoms with Gasteiger partial charge in [-0.15, -0.1) is 0 Å². The molecule has 12 nitrogen and oxygen atoms in total. The monoisotopic (exact) mass is 618 g/mol. The lowest BCUT2D eigenvalue weighted by Crippen LogP contribution is -2.59. The number of ether oxygens (including phenoxy) is 2. The number of aliphatic hydroxyl groups excluding tert-OH is 1. The Morgan fingerprint density at radius 2 is 1.64 bits per heavy atom. The van der Waals surface area contributed by atoms with Crippen LogP contribution in [0.1, 0.15) is 73.3 Å². The second-order valence-electron chi connectivity index (χ2n) is 12.7. The number of likely N-dealkylation sites (tertiary alicyclic amines) is 1. The quantitative estimate of drug-likeness (QED) is 0.245. The van der Waals surface area contributed by atoms with Crippen LogP contribution in [0.5, 0.6) is 0 Å². The summed E-state index contributed by atoms with van der Waals surface area (Å²) in [4.78, 5) is 66.7. The van der Waals surface area contributed by atoms with Gasteiger partial charge < -0.3 is 35.4 Å². The summed E-state index contributed by atoms with van der Waals surface area (Å²) in [6.07, 6.45) is -0.903. The van der Waals surface area contributed by atoms with E-state index in [0.29, 0.717) is 19.3 Å². The number of esters is 1. The van der Waals surface area contributed by atoms with Crippen LogP contribution in [0, 0.1) is 11.8 Å². The lowest BCUT2D eigenvalue weighted by molar-refractivity contribution is -0.148. The molecule has 1 fully saturated rings. The topological polar surface area (TPSA) is 163 Å². The number of carbonyl (C=O) groups is 5. The Morgan fingerprint density at radius 1 is 1.00 bits per heavy atom. The zero-order valence-electron chi connectivity index (χ0n) is 27.2. The molecule has 1 aromatic carbocycles. The third-order valence-electron chi connectivity index (χ3n) is 7.69. The van der Waals surface area contributed by atoms with Crippen LogP contribution in [0.15, 0.2) is 30.3 Å². The van der Waals surface area contributed by atoms with E-state index in [-0.39, 0.29) is 24.8 Å². The molecule has 0 bridgehead atoms. The average Bonchev–Trinajstić information content (AvgIpc) is 3.46. The molecule has 2 rings (SSSR count). The predicted octanol–water partition coefficient (Wildman–Crippen LogP) is 2.32. The molecule has 0 spiro atoms. The van der Waals surface area contributed by atoms with E-state index in [1.807, 2.05) is 44.2 Å². The minimum absolute atomic E-state index is 0.144. The molecular formula is C32H50N4O8. The number of hydrogen-bond donors (Lipinski definition) is 4. The van der Waals surface area contributed by atoms with Crippen molar-refractivity contribution in [2.75, 3.05) is 13.7 Å². The van der Waals surface area contributed by atoms with Crippen molar-refractivity contribution in [3.63, 3.8) is 0 Å². The molecule has 1 saturated heterocycles. The maximum atomic E-state index is 13.7. The largest absolute Gasteiger partial charge is 0.467 e. The summed E-state index contributed by atoms with van der Waals surface area (Å²) in [5.41, 5.74) is -0.0101. The molecule has 4 amide bonds. The van der Waals surface area contributed by atoms with E-state index in [4.69, 9.17) is 9.47 Å². The van der Waals surface area contributed by atoms with Gasteiger partial charge in [0.05, 0.1) is 13.2 Å². The van der Waals surface area contributed by atoms with Crippen molar-refractivity contribution in [1.82, 2.24) is 20.9 Å². The second-order valence-corrected chi connectivity index (χ2v) is 12.7. The standard InChI is InChI=1S/C32H50N4O8/c1-9-20(4)25(28(39)34-24(19(2)3)30(41)43-8)35-27(38)23-16-13-17-36(23)29(40)26(37)22(18-21-14-11-10-12-15-21)33-31(42)44-32(5,6)7/h10-12,14-15,19-20,22-26,37H,9,13,16-18H2,1-8H3,(H,33,42)(H,34,39)(H,35,38)/t20-,22-,23-,24?,25-,26-/m0/s1. The number of nitrogens with one attached hydrogen (secondary N) is 3. The third-order valence-corrected chi connectivity index (χ3v) is 7.69. The van der Waals surface area contributed by atoms with Crippen LogP contribution in [-0.2, 0) is 35.1 Å². The fourth-order valence-electron chi connectivity index (χ4n) is 5.03.